The van der Waals surface area contributed by atoms with Gasteiger partial charge in [0.1, 0.15) is 6.04 Å². The number of hydrogen-bond donors (Lipinski definition) is 6. The second kappa shape index (κ2) is 26.3. The van der Waals surface area contributed by atoms with E-state index in [1.165, 1.54) is 51.4 Å². The smallest absolute Gasteiger partial charge is 0.326 e. The van der Waals surface area contributed by atoms with E-state index < -0.39 is 34.9 Å². The van der Waals surface area contributed by atoms with Crippen molar-refractivity contribution in [1.82, 2.24) is 16.0 Å². The van der Waals surface area contributed by atoms with Gasteiger partial charge in [-0.1, -0.05) is 77.0 Å². The summed E-state index contributed by atoms with van der Waals surface area (Å²) in [6, 6.07) is -1.21. The van der Waals surface area contributed by atoms with Crippen LogP contribution in [-0.2, 0) is 28.8 Å². The lowest BCUT2D eigenvalue weighted by Crippen LogP contribution is -2.42. The molecule has 0 aromatic heterocycles. The highest BCUT2D eigenvalue weighted by Gasteiger charge is 2.21. The van der Waals surface area contributed by atoms with E-state index in [0.717, 1.165) is 38.5 Å². The third-order valence-electron chi connectivity index (χ3n) is 6.68. The van der Waals surface area contributed by atoms with Crippen molar-refractivity contribution >= 4 is 47.4 Å². The van der Waals surface area contributed by atoms with E-state index in [9.17, 15) is 33.9 Å². The van der Waals surface area contributed by atoms with Crippen LogP contribution >= 0.6 is 12.6 Å². The lowest BCUT2D eigenvalue weighted by Gasteiger charge is -2.14. The molecule has 236 valence electrons. The Hall–Kier alpha value is -2.63. The van der Waals surface area contributed by atoms with Gasteiger partial charge in [0.2, 0.25) is 22.8 Å². The molecule has 0 aliphatic heterocycles. The van der Waals surface area contributed by atoms with Gasteiger partial charge in [0.15, 0.2) is 0 Å². The van der Waals surface area contributed by atoms with Crippen molar-refractivity contribution in [1.29, 1.82) is 0 Å². The minimum absolute atomic E-state index is 0.0542. The Balaban J connectivity index is 3.62. The largest absolute Gasteiger partial charge is 0.481 e. The molecule has 0 rings (SSSR count). The van der Waals surface area contributed by atoms with Crippen LogP contribution in [0.1, 0.15) is 128 Å². The van der Waals surface area contributed by atoms with Crippen molar-refractivity contribution in [3.63, 3.8) is 0 Å². The van der Waals surface area contributed by atoms with Gasteiger partial charge in [0, 0.05) is 32.2 Å². The van der Waals surface area contributed by atoms with E-state index in [1.807, 2.05) is 0 Å². The summed E-state index contributed by atoms with van der Waals surface area (Å²) in [5.41, 5.74) is 0. The maximum absolute atomic E-state index is 12.1. The Morgan fingerprint density at radius 2 is 0.976 bits per heavy atom. The van der Waals surface area contributed by atoms with E-state index in [2.05, 4.69) is 28.6 Å². The second-order valence-electron chi connectivity index (χ2n) is 10.5. The van der Waals surface area contributed by atoms with Gasteiger partial charge in [0.25, 0.3) is 0 Å². The van der Waals surface area contributed by atoms with Crippen LogP contribution in [0.25, 0.3) is 0 Å². The van der Waals surface area contributed by atoms with Gasteiger partial charge in [-0.05, 0) is 25.7 Å². The van der Waals surface area contributed by atoms with E-state index in [0.29, 0.717) is 19.4 Å². The molecule has 3 amide bonds. The first-order valence-electron chi connectivity index (χ1n) is 15.1. The Bertz CT molecular complexity index is 794. The molecule has 0 saturated heterocycles. The number of hydrogen-bond acceptors (Lipinski definition) is 6. The van der Waals surface area contributed by atoms with E-state index in [4.69, 9.17) is 5.11 Å². The molecule has 1 atom stereocenters. The fourth-order valence-corrected chi connectivity index (χ4v) is 4.39. The zero-order valence-electron chi connectivity index (χ0n) is 24.4. The zero-order valence-corrected chi connectivity index (χ0v) is 25.3. The Morgan fingerprint density at radius 1 is 0.537 bits per heavy atom. The minimum Gasteiger partial charge on any atom is -0.481 e. The van der Waals surface area contributed by atoms with E-state index >= 15 is 0 Å². The summed E-state index contributed by atoms with van der Waals surface area (Å²) in [5, 5.41) is 24.8. The Kier molecular flexibility index (Phi) is 24.6. The molecule has 5 N–H and O–H groups in total. The average Bonchev–Trinajstić information content (AvgIpc) is 2.91. The van der Waals surface area contributed by atoms with Crippen LogP contribution in [0.5, 0.6) is 0 Å². The second-order valence-corrected chi connectivity index (χ2v) is 11.0. The number of carboxylic acid groups (broad SMARTS) is 2. The maximum atomic E-state index is 12.1. The SMILES string of the molecule is O=C(O)CCCCCCCCCCCCCCCCC(=O)NCCCC(=O)NC(CCC(=O)NCC(=O)S)C(=O)O. The highest BCUT2D eigenvalue weighted by atomic mass is 32.1. The van der Waals surface area contributed by atoms with Gasteiger partial charge in [-0.2, -0.15) is 0 Å². The lowest BCUT2D eigenvalue weighted by molar-refractivity contribution is -0.142. The third-order valence-corrected chi connectivity index (χ3v) is 6.84. The van der Waals surface area contributed by atoms with Crippen molar-refractivity contribution in [2.45, 2.75) is 134 Å². The summed E-state index contributed by atoms with van der Waals surface area (Å²) in [6.45, 7) is 0.0793. The minimum atomic E-state index is -1.25. The molecular weight excluding hydrogens is 550 g/mol. The molecule has 41 heavy (non-hydrogen) atoms. The first kappa shape index (κ1) is 38.4. The number of amides is 3. The number of carbonyl (C=O) groups excluding carboxylic acids is 4. The molecule has 0 spiro atoms. The third kappa shape index (κ3) is 27.3. The number of nitrogens with one attached hydrogen (secondary N) is 3. The van der Waals surface area contributed by atoms with Crippen molar-refractivity contribution in [2.75, 3.05) is 13.1 Å². The quantitative estimate of drug-likeness (QED) is 0.0572. The molecule has 0 fully saturated rings. The highest BCUT2D eigenvalue weighted by Crippen LogP contribution is 2.13. The molecule has 12 heteroatoms. The number of thiol groups is 1. The molecule has 0 bridgehead atoms. The maximum Gasteiger partial charge on any atom is 0.326 e. The summed E-state index contributed by atoms with van der Waals surface area (Å²) < 4.78 is 0. The summed E-state index contributed by atoms with van der Waals surface area (Å²) >= 11 is 3.53. The van der Waals surface area contributed by atoms with Gasteiger partial charge >= 0.3 is 11.9 Å². The molecular formula is C29H51N3O8S. The van der Waals surface area contributed by atoms with Gasteiger partial charge in [-0.3, -0.25) is 24.0 Å². The Morgan fingerprint density at radius 3 is 1.44 bits per heavy atom. The first-order valence-corrected chi connectivity index (χ1v) is 15.6. The summed E-state index contributed by atoms with van der Waals surface area (Å²) in [6.07, 6.45) is 16.6. The summed E-state index contributed by atoms with van der Waals surface area (Å²) in [4.78, 5) is 68.2. The monoisotopic (exact) mass is 601 g/mol. The first-order chi connectivity index (χ1) is 19.6. The number of carbonyl (C=O) groups is 6. The van der Waals surface area contributed by atoms with Crippen molar-refractivity contribution in [3.05, 3.63) is 0 Å². The van der Waals surface area contributed by atoms with Crippen LogP contribution in [0, 0.1) is 0 Å². The molecule has 0 aromatic rings. The summed E-state index contributed by atoms with van der Waals surface area (Å²) in [7, 11) is 0. The number of rotatable bonds is 28. The van der Waals surface area contributed by atoms with Crippen LogP contribution in [0.2, 0.25) is 0 Å². The fourth-order valence-electron chi connectivity index (χ4n) is 4.31. The van der Waals surface area contributed by atoms with Crippen LogP contribution in [0.4, 0.5) is 0 Å². The standard InChI is InChI=1S/C29H51N3O8S/c33-24(16-13-11-9-7-5-3-1-2-4-6-8-10-12-14-18-27(36)37)30-21-15-17-26(35)32-23(29(39)40)19-20-25(34)31-22-28(38)41/h23H,1-22H2,(H,30,33)(H,31,34)(H,32,35)(H,36,37)(H,38,41)(H,39,40). The fraction of sp³-hybridized carbons (Fsp3) is 0.793. The van der Waals surface area contributed by atoms with Crippen LogP contribution in [0.15, 0.2) is 0 Å². The molecule has 1 unspecified atom stereocenters. The van der Waals surface area contributed by atoms with Crippen molar-refractivity contribution in [3.8, 4) is 0 Å². The van der Waals surface area contributed by atoms with Gasteiger partial charge in [-0.15, -0.1) is 12.6 Å². The lowest BCUT2D eigenvalue weighted by atomic mass is 10.0. The number of carboxylic acids is 2. The molecule has 0 aliphatic carbocycles. The molecule has 0 aromatic carbocycles. The molecule has 0 heterocycles. The van der Waals surface area contributed by atoms with Gasteiger partial charge in [-0.25, -0.2) is 4.79 Å². The van der Waals surface area contributed by atoms with Gasteiger partial charge < -0.3 is 26.2 Å². The highest BCUT2D eigenvalue weighted by molar-refractivity contribution is 7.96. The van der Waals surface area contributed by atoms with Crippen molar-refractivity contribution in [2.24, 2.45) is 0 Å². The number of unbranched alkanes of at least 4 members (excludes halogenated alkanes) is 13. The molecule has 11 nitrogen and oxygen atoms in total. The van der Waals surface area contributed by atoms with E-state index in [-0.39, 0.29) is 38.1 Å². The molecule has 0 aliphatic rings. The predicted octanol–water partition coefficient (Wildman–Crippen LogP) is 4.13. The molecule has 0 saturated carbocycles. The average molecular weight is 602 g/mol. The molecule has 0 radical (unpaired) electrons. The number of aliphatic carboxylic acids is 2. The Labute approximate surface area is 249 Å². The normalized spacial score (nSPS) is 11.4. The van der Waals surface area contributed by atoms with Gasteiger partial charge in [0.05, 0.1) is 6.54 Å². The topological polar surface area (TPSA) is 179 Å². The van der Waals surface area contributed by atoms with Crippen LogP contribution < -0.4 is 16.0 Å². The van der Waals surface area contributed by atoms with E-state index in [1.54, 1.807) is 0 Å². The van der Waals surface area contributed by atoms with Crippen LogP contribution in [0.3, 0.4) is 0 Å². The van der Waals surface area contributed by atoms with Crippen molar-refractivity contribution < 1.29 is 39.0 Å². The van der Waals surface area contributed by atoms with Crippen LogP contribution in [-0.4, -0.2) is 64.1 Å². The summed E-state index contributed by atoms with van der Waals surface area (Å²) in [5.74, 6) is -2.98. The predicted molar refractivity (Wildman–Crippen MR) is 160 cm³/mol. The zero-order chi connectivity index (χ0) is 30.7.